The van der Waals surface area contributed by atoms with Crippen LogP contribution in [0.4, 0.5) is 0 Å². The van der Waals surface area contributed by atoms with Crippen molar-refractivity contribution in [2.75, 3.05) is 20.3 Å². The minimum atomic E-state index is -3.76. The molecule has 0 aliphatic heterocycles. The maximum atomic E-state index is 11.5. The average Bonchev–Trinajstić information content (AvgIpc) is 3.09. The Morgan fingerprint density at radius 2 is 0.895 bits per heavy atom. The van der Waals surface area contributed by atoms with Crippen molar-refractivity contribution in [1.82, 2.24) is 0 Å². The van der Waals surface area contributed by atoms with E-state index in [0.29, 0.717) is 19.6 Å². The smallest absolute Gasteiger partial charge is 0.328 e. The van der Waals surface area contributed by atoms with Crippen LogP contribution in [0.15, 0.2) is 0 Å². The van der Waals surface area contributed by atoms with E-state index in [1.54, 1.807) is 21.0 Å². The first kappa shape index (κ1) is 66.3. The summed E-state index contributed by atoms with van der Waals surface area (Å²) in [5.74, 6) is -0.668. The molecule has 0 aliphatic rings. The Labute approximate surface area is 348 Å². The number of methoxy groups -OCH3 is 1. The van der Waals surface area contributed by atoms with E-state index in [2.05, 4.69) is 0 Å². The Hall–Kier alpha value is -2.54. The Kier molecular flexibility index (Phi) is 38.7. The number of nitrogens with two attached hydrogens (primary N) is 2. The number of rotatable bonds is 15. The van der Waals surface area contributed by atoms with Crippen LogP contribution in [0.5, 0.6) is 0 Å². The topological polar surface area (TPSA) is 232 Å². The third-order valence-electron chi connectivity index (χ3n) is 8.58. The number of hydrogen-bond acceptors (Lipinski definition) is 10. The fraction of sp³-hybridized carbons (Fsp3) is 0.881. The molecule has 0 rings (SSSR count). The second-order valence-corrected chi connectivity index (χ2v) is 19.3. The lowest BCUT2D eigenvalue weighted by Gasteiger charge is -2.27. The number of ether oxygens (including phenoxy) is 4. The number of esters is 3. The van der Waals surface area contributed by atoms with Gasteiger partial charge in [-0.15, -0.1) is 0 Å². The maximum absolute atomic E-state index is 11.5. The van der Waals surface area contributed by atoms with Crippen LogP contribution in [0.25, 0.3) is 0 Å². The molecule has 0 bridgehead atoms. The Balaban J connectivity index is -0.000000139. The van der Waals surface area contributed by atoms with Gasteiger partial charge < -0.3 is 40.2 Å². The van der Waals surface area contributed by atoms with Gasteiger partial charge in [-0.1, -0.05) is 69.2 Å². The van der Waals surface area contributed by atoms with E-state index in [1.807, 2.05) is 125 Å². The lowest BCUT2D eigenvalue weighted by atomic mass is 9.90. The van der Waals surface area contributed by atoms with Crippen LogP contribution in [-0.4, -0.2) is 76.7 Å². The number of amides is 2. The molecular formula is C42H89N2O12P. The predicted molar refractivity (Wildman–Crippen MR) is 231 cm³/mol. The third-order valence-corrected chi connectivity index (χ3v) is 10.1. The van der Waals surface area contributed by atoms with Gasteiger partial charge in [0.05, 0.1) is 29.0 Å². The van der Waals surface area contributed by atoms with E-state index < -0.39 is 13.3 Å². The Morgan fingerprint density at radius 1 is 0.561 bits per heavy atom. The van der Waals surface area contributed by atoms with Gasteiger partial charge in [0, 0.05) is 18.9 Å². The van der Waals surface area contributed by atoms with Crippen molar-refractivity contribution in [2.24, 2.45) is 40.1 Å². The van der Waals surface area contributed by atoms with Crippen molar-refractivity contribution in [2.45, 2.75) is 194 Å². The normalized spacial score (nSPS) is 13.4. The molecule has 4 unspecified atom stereocenters. The highest BCUT2D eigenvalue weighted by Gasteiger charge is 2.30. The molecule has 0 spiro atoms. The van der Waals surface area contributed by atoms with Crippen molar-refractivity contribution >= 4 is 37.3 Å². The zero-order chi connectivity index (χ0) is 47.2. The second kappa shape index (κ2) is 33.3. The van der Waals surface area contributed by atoms with Crippen molar-refractivity contribution in [3.63, 3.8) is 0 Å². The van der Waals surface area contributed by atoms with Gasteiger partial charge in [0.1, 0.15) is 17.8 Å². The van der Waals surface area contributed by atoms with Crippen molar-refractivity contribution in [1.29, 1.82) is 0 Å². The highest BCUT2D eigenvalue weighted by Crippen LogP contribution is 2.42. The van der Waals surface area contributed by atoms with Crippen LogP contribution in [0.3, 0.4) is 0 Å². The molecule has 14 nitrogen and oxygen atoms in total. The SMILES string of the molecule is CCC(C)(C)C(=O)OC(C)(C)C.CCC(C)(C)C(=O)OCCOC.CCC(C)C(=O)OC(C)(C)C.CCC(C)C(N)=O.CCC(C)C(N)=O.CCC(C)P(=O)(O)O. The number of carbonyl (C=O) groups is 5. The molecule has 0 saturated carbocycles. The fourth-order valence-electron chi connectivity index (χ4n) is 2.33. The minimum absolute atomic E-state index is 0.0224. The lowest BCUT2D eigenvalue weighted by molar-refractivity contribution is -0.166. The quantitative estimate of drug-likeness (QED) is 0.0524. The molecule has 4 atom stereocenters. The number of primary amides is 2. The van der Waals surface area contributed by atoms with Crippen molar-refractivity contribution in [3.8, 4) is 0 Å². The Bertz CT molecular complexity index is 1120. The maximum Gasteiger partial charge on any atom is 0.328 e. The van der Waals surface area contributed by atoms with Gasteiger partial charge >= 0.3 is 25.5 Å². The molecule has 15 heteroatoms. The summed E-state index contributed by atoms with van der Waals surface area (Å²) in [7, 11) is -2.17. The predicted octanol–water partition coefficient (Wildman–Crippen LogP) is 8.75. The van der Waals surface area contributed by atoms with Gasteiger partial charge in [-0.2, -0.15) is 0 Å². The lowest BCUT2D eigenvalue weighted by Crippen LogP contribution is -2.33. The first-order valence-electron chi connectivity index (χ1n) is 20.2. The zero-order valence-corrected chi connectivity index (χ0v) is 40.9. The molecule has 57 heavy (non-hydrogen) atoms. The first-order valence-corrected chi connectivity index (χ1v) is 21.9. The van der Waals surface area contributed by atoms with Crippen LogP contribution in [0.2, 0.25) is 0 Å². The summed E-state index contributed by atoms with van der Waals surface area (Å²) in [5, 5.41) is 0. The standard InChI is InChI=1S/C10H20O2.C9H18O3.C9H18O2.2C5H11NO.C4H11O3P/c1-7-10(5,6)8(11)12-9(2,3)4;1-5-9(2,3)8(10)12-7-6-11-4;1-6-7(2)8(10)11-9(3,4)5;2*1-3-4(2)5(6)7;1-3-4(2)8(5,6)7/h7H2,1-6H3;5-7H2,1-4H3;7H,6H2,1-5H3;2*4H,3H2,1-2H3,(H2,6,7);4H,3H2,1-2H3,(H2,5,6,7). The first-order chi connectivity index (χ1) is 25.4. The van der Waals surface area contributed by atoms with Gasteiger partial charge in [0.15, 0.2) is 0 Å². The molecule has 0 radical (unpaired) electrons. The highest BCUT2D eigenvalue weighted by molar-refractivity contribution is 7.52. The molecule has 0 heterocycles. The summed E-state index contributed by atoms with van der Waals surface area (Å²) in [4.78, 5) is 71.0. The molecule has 6 N–H and O–H groups in total. The zero-order valence-electron chi connectivity index (χ0n) is 40.0. The van der Waals surface area contributed by atoms with E-state index in [9.17, 15) is 28.5 Å². The summed E-state index contributed by atoms with van der Waals surface area (Å²) in [6.45, 7) is 38.3. The van der Waals surface area contributed by atoms with E-state index in [4.69, 9.17) is 40.2 Å². The molecule has 344 valence electrons. The highest BCUT2D eigenvalue weighted by atomic mass is 31.2. The fourth-order valence-corrected chi connectivity index (χ4v) is 2.80. The van der Waals surface area contributed by atoms with Gasteiger partial charge in [0.2, 0.25) is 11.8 Å². The largest absolute Gasteiger partial charge is 0.463 e. The van der Waals surface area contributed by atoms with Crippen LogP contribution in [0, 0.1) is 28.6 Å². The average molecular weight is 845 g/mol. The van der Waals surface area contributed by atoms with Crippen molar-refractivity contribution < 1.29 is 57.3 Å². The summed E-state index contributed by atoms with van der Waals surface area (Å²) in [6.07, 6.45) is 4.66. The van der Waals surface area contributed by atoms with E-state index in [0.717, 1.165) is 32.1 Å². The van der Waals surface area contributed by atoms with Gasteiger partial charge in [-0.25, -0.2) is 0 Å². The van der Waals surface area contributed by atoms with E-state index >= 15 is 0 Å². The number of hydrogen-bond donors (Lipinski definition) is 4. The van der Waals surface area contributed by atoms with Gasteiger partial charge in [0.25, 0.3) is 0 Å². The molecule has 0 fully saturated rings. The third kappa shape index (κ3) is 44.4. The summed E-state index contributed by atoms with van der Waals surface area (Å²) in [5.41, 5.74) is 7.89. The Morgan fingerprint density at radius 3 is 1.09 bits per heavy atom. The molecular weight excluding hydrogens is 755 g/mol. The van der Waals surface area contributed by atoms with Gasteiger partial charge in [-0.05, 0) is 108 Å². The summed E-state index contributed by atoms with van der Waals surface area (Å²) < 4.78 is 30.4. The molecule has 0 saturated heterocycles. The monoisotopic (exact) mass is 845 g/mol. The summed E-state index contributed by atoms with van der Waals surface area (Å²) >= 11 is 0. The molecule has 0 aromatic carbocycles. The van der Waals surface area contributed by atoms with Crippen LogP contribution in [0.1, 0.15) is 177 Å². The number of carbonyl (C=O) groups excluding carboxylic acids is 5. The van der Waals surface area contributed by atoms with Crippen molar-refractivity contribution in [3.05, 3.63) is 0 Å². The van der Waals surface area contributed by atoms with Crippen LogP contribution < -0.4 is 11.5 Å². The van der Waals surface area contributed by atoms with Gasteiger partial charge in [-0.3, -0.25) is 28.5 Å². The second-order valence-electron chi connectivity index (χ2n) is 17.2. The van der Waals surface area contributed by atoms with Crippen LogP contribution >= 0.6 is 7.60 Å². The van der Waals surface area contributed by atoms with E-state index in [-0.39, 0.29) is 69.5 Å². The van der Waals surface area contributed by atoms with E-state index in [1.165, 1.54) is 0 Å². The minimum Gasteiger partial charge on any atom is -0.463 e. The summed E-state index contributed by atoms with van der Waals surface area (Å²) in [6, 6.07) is 0. The molecule has 2 amide bonds. The molecule has 0 aliphatic carbocycles. The molecule has 0 aromatic heterocycles. The molecule has 0 aromatic rings. The van der Waals surface area contributed by atoms with Crippen LogP contribution in [-0.2, 0) is 47.5 Å².